The summed E-state index contributed by atoms with van der Waals surface area (Å²) in [6.45, 7) is -0.256. The van der Waals surface area contributed by atoms with Crippen LogP contribution >= 0.6 is 0 Å². The molecule has 0 aliphatic carbocycles. The first-order valence-electron chi connectivity index (χ1n) is 8.37. The second kappa shape index (κ2) is 8.54. The third-order valence-electron chi connectivity index (χ3n) is 3.93. The van der Waals surface area contributed by atoms with Crippen molar-refractivity contribution >= 4 is 34.5 Å². The summed E-state index contributed by atoms with van der Waals surface area (Å²) >= 11 is 0. The SMILES string of the molecule is O=C(CNC(=O)c1cccc2ccccc12)N/N=C\c1cccc([N+](=O)[O-])c1. The van der Waals surface area contributed by atoms with E-state index in [1.54, 1.807) is 18.2 Å². The molecule has 0 bridgehead atoms. The van der Waals surface area contributed by atoms with Crippen molar-refractivity contribution < 1.29 is 14.5 Å². The van der Waals surface area contributed by atoms with Crippen LogP contribution in [0, 0.1) is 10.1 Å². The van der Waals surface area contributed by atoms with Crippen LogP contribution in [-0.4, -0.2) is 29.5 Å². The maximum absolute atomic E-state index is 12.4. The first-order chi connectivity index (χ1) is 13.5. The number of benzene rings is 3. The van der Waals surface area contributed by atoms with Gasteiger partial charge in [-0.25, -0.2) is 5.43 Å². The fourth-order valence-electron chi connectivity index (χ4n) is 2.62. The molecule has 8 nitrogen and oxygen atoms in total. The van der Waals surface area contributed by atoms with Crippen molar-refractivity contribution in [1.82, 2.24) is 10.7 Å². The van der Waals surface area contributed by atoms with Gasteiger partial charge in [0.15, 0.2) is 0 Å². The lowest BCUT2D eigenvalue weighted by molar-refractivity contribution is -0.384. The van der Waals surface area contributed by atoms with Crippen LogP contribution in [0.15, 0.2) is 71.8 Å². The number of hydrogen-bond donors (Lipinski definition) is 2. The molecule has 0 aromatic heterocycles. The predicted molar refractivity (Wildman–Crippen MR) is 105 cm³/mol. The molecule has 0 radical (unpaired) electrons. The fourth-order valence-corrected chi connectivity index (χ4v) is 2.62. The van der Waals surface area contributed by atoms with E-state index in [9.17, 15) is 19.7 Å². The molecule has 8 heteroatoms. The molecule has 140 valence electrons. The zero-order valence-electron chi connectivity index (χ0n) is 14.7. The summed E-state index contributed by atoms with van der Waals surface area (Å²) < 4.78 is 0. The topological polar surface area (TPSA) is 114 Å². The number of nitro benzene ring substituents is 1. The van der Waals surface area contributed by atoms with Gasteiger partial charge in [-0.1, -0.05) is 48.5 Å². The Balaban J connectivity index is 1.56. The standard InChI is InChI=1S/C20H16N4O4/c25-19(23-22-12-14-5-3-8-16(11-14)24(27)28)13-21-20(26)18-10-4-7-15-6-1-2-9-17(15)18/h1-12H,13H2,(H,21,26)(H,23,25)/b22-12-. The Morgan fingerprint density at radius 1 is 1.04 bits per heavy atom. The van der Waals surface area contributed by atoms with E-state index in [0.29, 0.717) is 11.1 Å². The first-order valence-corrected chi connectivity index (χ1v) is 8.37. The minimum Gasteiger partial charge on any atom is -0.343 e. The fraction of sp³-hybridized carbons (Fsp3) is 0.0500. The Labute approximate surface area is 160 Å². The highest BCUT2D eigenvalue weighted by molar-refractivity contribution is 6.07. The molecule has 3 aromatic rings. The largest absolute Gasteiger partial charge is 0.343 e. The van der Waals surface area contributed by atoms with Gasteiger partial charge in [-0.3, -0.25) is 19.7 Å². The lowest BCUT2D eigenvalue weighted by Crippen LogP contribution is -2.35. The second-order valence-corrected chi connectivity index (χ2v) is 5.85. The maximum atomic E-state index is 12.4. The van der Waals surface area contributed by atoms with Crippen LogP contribution in [0.4, 0.5) is 5.69 Å². The third kappa shape index (κ3) is 4.55. The Morgan fingerprint density at radius 3 is 2.61 bits per heavy atom. The van der Waals surface area contributed by atoms with E-state index in [2.05, 4.69) is 15.8 Å². The molecular formula is C20H16N4O4. The molecule has 3 rings (SSSR count). The number of hydrazone groups is 1. The van der Waals surface area contributed by atoms with Gasteiger partial charge in [0.05, 0.1) is 17.7 Å². The smallest absolute Gasteiger partial charge is 0.270 e. The molecule has 0 aliphatic rings. The molecule has 0 heterocycles. The van der Waals surface area contributed by atoms with Gasteiger partial charge in [0.25, 0.3) is 17.5 Å². The summed E-state index contributed by atoms with van der Waals surface area (Å²) in [5.41, 5.74) is 3.14. The molecule has 28 heavy (non-hydrogen) atoms. The van der Waals surface area contributed by atoms with E-state index < -0.39 is 10.8 Å². The molecule has 0 saturated heterocycles. The molecule has 0 atom stereocenters. The van der Waals surface area contributed by atoms with Gasteiger partial charge in [-0.15, -0.1) is 0 Å². The summed E-state index contributed by atoms with van der Waals surface area (Å²) in [6.07, 6.45) is 1.29. The Morgan fingerprint density at radius 2 is 1.79 bits per heavy atom. The van der Waals surface area contributed by atoms with Gasteiger partial charge < -0.3 is 5.32 Å². The zero-order valence-corrected chi connectivity index (χ0v) is 14.7. The molecule has 0 spiro atoms. The molecule has 2 N–H and O–H groups in total. The van der Waals surface area contributed by atoms with E-state index in [1.165, 1.54) is 24.4 Å². The van der Waals surface area contributed by atoms with E-state index in [4.69, 9.17) is 0 Å². The van der Waals surface area contributed by atoms with Crippen molar-refractivity contribution in [2.45, 2.75) is 0 Å². The summed E-state index contributed by atoms with van der Waals surface area (Å²) in [5, 5.41) is 18.8. The number of carbonyl (C=O) groups excluding carboxylic acids is 2. The number of carbonyl (C=O) groups is 2. The minimum atomic E-state index is -0.518. The van der Waals surface area contributed by atoms with Crippen molar-refractivity contribution in [3.8, 4) is 0 Å². The molecule has 0 unspecified atom stereocenters. The first kappa shape index (κ1) is 18.7. The number of hydrogen-bond acceptors (Lipinski definition) is 5. The van der Waals surface area contributed by atoms with Gasteiger partial charge in [-0.05, 0) is 16.8 Å². The van der Waals surface area contributed by atoms with Crippen LogP contribution in [-0.2, 0) is 4.79 Å². The Bertz CT molecular complexity index is 1070. The van der Waals surface area contributed by atoms with Gasteiger partial charge in [0, 0.05) is 23.3 Å². The van der Waals surface area contributed by atoms with Crippen molar-refractivity contribution in [2.75, 3.05) is 6.54 Å². The quantitative estimate of drug-likeness (QED) is 0.391. The molecule has 3 aromatic carbocycles. The number of non-ortho nitro benzene ring substituents is 1. The van der Waals surface area contributed by atoms with Gasteiger partial charge >= 0.3 is 0 Å². The second-order valence-electron chi connectivity index (χ2n) is 5.85. The summed E-state index contributed by atoms with van der Waals surface area (Å²) in [4.78, 5) is 34.4. The molecular weight excluding hydrogens is 360 g/mol. The number of nitrogens with zero attached hydrogens (tertiary/aromatic N) is 2. The number of nitrogens with one attached hydrogen (secondary N) is 2. The summed E-state index contributed by atoms with van der Waals surface area (Å²) in [5.74, 6) is -0.884. The predicted octanol–water partition coefficient (Wildman–Crippen LogP) is 2.63. The third-order valence-corrected chi connectivity index (χ3v) is 3.93. The summed E-state index contributed by atoms with van der Waals surface area (Å²) in [7, 11) is 0. The zero-order chi connectivity index (χ0) is 19.9. The highest BCUT2D eigenvalue weighted by atomic mass is 16.6. The highest BCUT2D eigenvalue weighted by Crippen LogP contribution is 2.18. The molecule has 0 saturated carbocycles. The van der Waals surface area contributed by atoms with Crippen molar-refractivity contribution in [3.63, 3.8) is 0 Å². The van der Waals surface area contributed by atoms with Crippen LogP contribution < -0.4 is 10.7 Å². The lowest BCUT2D eigenvalue weighted by atomic mass is 10.0. The van der Waals surface area contributed by atoms with Gasteiger partial charge in [-0.2, -0.15) is 5.10 Å². The van der Waals surface area contributed by atoms with Crippen molar-refractivity contribution in [3.05, 3.63) is 88.0 Å². The van der Waals surface area contributed by atoms with Crippen LogP contribution in [0.25, 0.3) is 10.8 Å². The van der Waals surface area contributed by atoms with Crippen LogP contribution in [0.5, 0.6) is 0 Å². The monoisotopic (exact) mass is 376 g/mol. The van der Waals surface area contributed by atoms with Crippen molar-refractivity contribution in [1.29, 1.82) is 0 Å². The van der Waals surface area contributed by atoms with Crippen LogP contribution in [0.3, 0.4) is 0 Å². The maximum Gasteiger partial charge on any atom is 0.270 e. The Hall–Kier alpha value is -4.07. The van der Waals surface area contributed by atoms with Crippen LogP contribution in [0.2, 0.25) is 0 Å². The normalized spacial score (nSPS) is 10.7. The highest BCUT2D eigenvalue weighted by Gasteiger charge is 2.11. The average molecular weight is 376 g/mol. The van der Waals surface area contributed by atoms with E-state index in [0.717, 1.165) is 10.8 Å². The number of amides is 2. The molecule has 0 fully saturated rings. The minimum absolute atomic E-state index is 0.0716. The summed E-state index contributed by atoms with van der Waals surface area (Å²) in [6, 6.07) is 18.7. The van der Waals surface area contributed by atoms with E-state index in [1.807, 2.05) is 30.3 Å². The molecule has 0 aliphatic heterocycles. The van der Waals surface area contributed by atoms with Crippen LogP contribution in [0.1, 0.15) is 15.9 Å². The van der Waals surface area contributed by atoms with Gasteiger partial charge in [0.2, 0.25) is 0 Å². The lowest BCUT2D eigenvalue weighted by Gasteiger charge is -2.07. The number of rotatable bonds is 6. The Kier molecular flexibility index (Phi) is 5.71. The van der Waals surface area contributed by atoms with E-state index >= 15 is 0 Å². The number of fused-ring (bicyclic) bond motifs is 1. The molecule has 2 amide bonds. The van der Waals surface area contributed by atoms with Crippen molar-refractivity contribution in [2.24, 2.45) is 5.10 Å². The van der Waals surface area contributed by atoms with Gasteiger partial charge in [0.1, 0.15) is 0 Å². The average Bonchev–Trinajstić information content (AvgIpc) is 2.71. The number of nitro groups is 1. The van der Waals surface area contributed by atoms with E-state index in [-0.39, 0.29) is 18.1 Å².